The number of ether oxygens (including phenoxy) is 2. The molecule has 0 saturated carbocycles. The van der Waals surface area contributed by atoms with Crippen molar-refractivity contribution in [2.24, 2.45) is 5.92 Å². The van der Waals surface area contributed by atoms with Gasteiger partial charge in [-0.1, -0.05) is 15.9 Å². The van der Waals surface area contributed by atoms with Crippen molar-refractivity contribution >= 4 is 33.7 Å². The molecule has 2 rings (SSSR count). The van der Waals surface area contributed by atoms with Crippen LogP contribution < -0.4 is 4.74 Å². The SMILES string of the molecule is CCOC(=O)C1CCN(C(=O)CN(C)C(=O)c2ccc(Br)cc2OC(C)C)CC1. The third-order valence-corrected chi connectivity index (χ3v) is 5.22. The van der Waals surface area contributed by atoms with E-state index >= 15 is 0 Å². The molecule has 0 bridgehead atoms. The Hall–Kier alpha value is -2.09. The fraction of sp³-hybridized carbons (Fsp3) is 0.571. The molecular weight excluding hydrogens is 440 g/mol. The molecule has 2 amide bonds. The number of hydrogen-bond acceptors (Lipinski definition) is 5. The Morgan fingerprint density at radius 3 is 2.48 bits per heavy atom. The van der Waals surface area contributed by atoms with E-state index in [0.717, 1.165) is 4.47 Å². The van der Waals surface area contributed by atoms with Crippen molar-refractivity contribution in [1.29, 1.82) is 0 Å². The summed E-state index contributed by atoms with van der Waals surface area (Å²) in [4.78, 5) is 40.5. The van der Waals surface area contributed by atoms with Crippen LogP contribution in [0.3, 0.4) is 0 Å². The first-order chi connectivity index (χ1) is 13.7. The summed E-state index contributed by atoms with van der Waals surface area (Å²) < 4.78 is 11.6. The van der Waals surface area contributed by atoms with Gasteiger partial charge in [0.15, 0.2) is 0 Å². The molecule has 1 aromatic rings. The summed E-state index contributed by atoms with van der Waals surface area (Å²) in [6.45, 7) is 6.88. The lowest BCUT2D eigenvalue weighted by atomic mass is 9.97. The average molecular weight is 469 g/mol. The normalized spacial score (nSPS) is 14.6. The fourth-order valence-corrected chi connectivity index (χ4v) is 3.57. The van der Waals surface area contributed by atoms with Gasteiger partial charge in [-0.3, -0.25) is 14.4 Å². The quantitative estimate of drug-likeness (QED) is 0.574. The number of carbonyl (C=O) groups is 3. The molecule has 0 N–H and O–H groups in total. The number of esters is 1. The van der Waals surface area contributed by atoms with Crippen LogP contribution in [0.15, 0.2) is 22.7 Å². The Bertz CT molecular complexity index is 745. The van der Waals surface area contributed by atoms with Crippen LogP contribution >= 0.6 is 15.9 Å². The molecule has 29 heavy (non-hydrogen) atoms. The smallest absolute Gasteiger partial charge is 0.309 e. The highest BCUT2D eigenvalue weighted by Gasteiger charge is 2.29. The van der Waals surface area contributed by atoms with E-state index in [0.29, 0.717) is 43.9 Å². The fourth-order valence-electron chi connectivity index (χ4n) is 3.23. The highest BCUT2D eigenvalue weighted by atomic mass is 79.9. The first kappa shape index (κ1) is 23.2. The number of likely N-dealkylation sites (N-methyl/N-ethyl adjacent to an activating group) is 1. The molecule has 1 heterocycles. The number of piperidine rings is 1. The standard InChI is InChI=1S/C21H29BrN2O5/c1-5-28-21(27)15-8-10-24(11-9-15)19(25)13-23(4)20(26)17-7-6-16(22)12-18(17)29-14(2)3/h6-7,12,14-15H,5,8-11,13H2,1-4H3. The summed E-state index contributed by atoms with van der Waals surface area (Å²) in [5.41, 5.74) is 0.415. The molecule has 0 unspecified atom stereocenters. The van der Waals surface area contributed by atoms with Crippen molar-refractivity contribution in [3.8, 4) is 5.75 Å². The summed E-state index contributed by atoms with van der Waals surface area (Å²) in [7, 11) is 1.60. The minimum Gasteiger partial charge on any atom is -0.490 e. The Kier molecular flexibility index (Phi) is 8.49. The van der Waals surface area contributed by atoms with Crippen molar-refractivity contribution in [2.75, 3.05) is 33.3 Å². The molecule has 1 aliphatic heterocycles. The van der Waals surface area contributed by atoms with Gasteiger partial charge in [0, 0.05) is 24.6 Å². The van der Waals surface area contributed by atoms with Crippen LogP contribution in [0.25, 0.3) is 0 Å². The third-order valence-electron chi connectivity index (χ3n) is 4.72. The Labute approximate surface area is 180 Å². The monoisotopic (exact) mass is 468 g/mol. The summed E-state index contributed by atoms with van der Waals surface area (Å²) in [5.74, 6) is -0.278. The predicted octanol–water partition coefficient (Wildman–Crippen LogP) is 3.11. The maximum atomic E-state index is 12.9. The largest absolute Gasteiger partial charge is 0.490 e. The van der Waals surface area contributed by atoms with Crippen molar-refractivity contribution in [3.63, 3.8) is 0 Å². The number of rotatable bonds is 7. The Morgan fingerprint density at radius 1 is 1.24 bits per heavy atom. The van der Waals surface area contributed by atoms with Crippen molar-refractivity contribution in [2.45, 2.75) is 39.7 Å². The Morgan fingerprint density at radius 2 is 1.90 bits per heavy atom. The molecule has 1 aliphatic rings. The van der Waals surface area contributed by atoms with Gasteiger partial charge < -0.3 is 19.3 Å². The number of likely N-dealkylation sites (tertiary alicyclic amines) is 1. The molecule has 160 valence electrons. The second-order valence-electron chi connectivity index (χ2n) is 7.38. The number of carbonyl (C=O) groups excluding carboxylic acids is 3. The molecule has 8 heteroatoms. The van der Waals surface area contributed by atoms with Crippen LogP contribution in [-0.4, -0.2) is 67.0 Å². The molecule has 1 fully saturated rings. The zero-order valence-corrected chi connectivity index (χ0v) is 19.0. The molecule has 0 spiro atoms. The van der Waals surface area contributed by atoms with Crippen molar-refractivity contribution in [3.05, 3.63) is 28.2 Å². The molecule has 7 nitrogen and oxygen atoms in total. The van der Waals surface area contributed by atoms with E-state index in [4.69, 9.17) is 9.47 Å². The number of amides is 2. The van der Waals surface area contributed by atoms with E-state index in [1.54, 1.807) is 37.1 Å². The number of nitrogens with zero attached hydrogens (tertiary/aromatic N) is 2. The summed E-state index contributed by atoms with van der Waals surface area (Å²) in [5, 5.41) is 0. The minimum absolute atomic E-state index is 0.0277. The molecular formula is C21H29BrN2O5. The van der Waals surface area contributed by atoms with Gasteiger partial charge in [-0.05, 0) is 51.8 Å². The lowest BCUT2D eigenvalue weighted by molar-refractivity contribution is -0.151. The zero-order valence-electron chi connectivity index (χ0n) is 17.4. The van der Waals surface area contributed by atoms with Gasteiger partial charge in [0.1, 0.15) is 5.75 Å². The van der Waals surface area contributed by atoms with Crippen LogP contribution in [0, 0.1) is 5.92 Å². The topological polar surface area (TPSA) is 76.2 Å². The molecule has 0 aliphatic carbocycles. The van der Waals surface area contributed by atoms with E-state index in [-0.39, 0.29) is 36.4 Å². The number of halogens is 1. The van der Waals surface area contributed by atoms with Gasteiger partial charge >= 0.3 is 5.97 Å². The van der Waals surface area contributed by atoms with Crippen LogP contribution in [0.2, 0.25) is 0 Å². The van der Waals surface area contributed by atoms with Gasteiger partial charge in [0.05, 0.1) is 30.7 Å². The van der Waals surface area contributed by atoms with Gasteiger partial charge in [-0.2, -0.15) is 0 Å². The van der Waals surface area contributed by atoms with Gasteiger partial charge in [0.2, 0.25) is 5.91 Å². The van der Waals surface area contributed by atoms with E-state index < -0.39 is 0 Å². The van der Waals surface area contributed by atoms with E-state index in [2.05, 4.69) is 15.9 Å². The van der Waals surface area contributed by atoms with Crippen molar-refractivity contribution in [1.82, 2.24) is 9.80 Å². The van der Waals surface area contributed by atoms with E-state index in [1.165, 1.54) is 4.90 Å². The first-order valence-corrected chi connectivity index (χ1v) is 10.7. The molecule has 1 aromatic carbocycles. The van der Waals surface area contributed by atoms with Crippen molar-refractivity contribution < 1.29 is 23.9 Å². The van der Waals surface area contributed by atoms with Crippen LogP contribution in [0.1, 0.15) is 44.0 Å². The predicted molar refractivity (Wildman–Crippen MR) is 113 cm³/mol. The lowest BCUT2D eigenvalue weighted by Gasteiger charge is -2.32. The van der Waals surface area contributed by atoms with E-state index in [1.807, 2.05) is 13.8 Å². The summed E-state index contributed by atoms with van der Waals surface area (Å²) in [6, 6.07) is 5.22. The molecule has 0 aromatic heterocycles. The highest BCUT2D eigenvalue weighted by Crippen LogP contribution is 2.26. The number of hydrogen-bond donors (Lipinski definition) is 0. The first-order valence-electron chi connectivity index (χ1n) is 9.89. The number of benzene rings is 1. The lowest BCUT2D eigenvalue weighted by Crippen LogP contribution is -2.45. The highest BCUT2D eigenvalue weighted by molar-refractivity contribution is 9.10. The van der Waals surface area contributed by atoms with Gasteiger partial charge in [0.25, 0.3) is 5.91 Å². The van der Waals surface area contributed by atoms with Gasteiger partial charge in [-0.15, -0.1) is 0 Å². The average Bonchev–Trinajstić information content (AvgIpc) is 2.67. The van der Waals surface area contributed by atoms with Crippen LogP contribution in [-0.2, 0) is 14.3 Å². The maximum absolute atomic E-state index is 12.9. The third kappa shape index (κ3) is 6.45. The van der Waals surface area contributed by atoms with Crippen LogP contribution in [0.4, 0.5) is 0 Å². The molecule has 1 saturated heterocycles. The second kappa shape index (κ2) is 10.6. The van der Waals surface area contributed by atoms with Gasteiger partial charge in [-0.25, -0.2) is 0 Å². The maximum Gasteiger partial charge on any atom is 0.309 e. The Balaban J connectivity index is 1.96. The molecule has 0 radical (unpaired) electrons. The minimum atomic E-state index is -0.275. The zero-order chi connectivity index (χ0) is 21.6. The summed E-state index contributed by atoms with van der Waals surface area (Å²) in [6.07, 6.45) is 1.09. The second-order valence-corrected chi connectivity index (χ2v) is 8.29. The summed E-state index contributed by atoms with van der Waals surface area (Å²) >= 11 is 3.39. The van der Waals surface area contributed by atoms with E-state index in [9.17, 15) is 14.4 Å². The molecule has 0 atom stereocenters. The van der Waals surface area contributed by atoms with Crippen LogP contribution in [0.5, 0.6) is 5.75 Å².